The molecule has 1 atom stereocenters. The summed E-state index contributed by atoms with van der Waals surface area (Å²) in [6, 6.07) is 3.63. The van der Waals surface area contributed by atoms with Crippen molar-refractivity contribution in [1.82, 2.24) is 10.2 Å². The lowest BCUT2D eigenvalue weighted by Gasteiger charge is -2.22. The zero-order valence-corrected chi connectivity index (χ0v) is 14.3. The number of hydrogen-bond acceptors (Lipinski definition) is 3. The van der Waals surface area contributed by atoms with E-state index in [1.807, 2.05) is 26.1 Å². The summed E-state index contributed by atoms with van der Waals surface area (Å²) >= 11 is 7.27. The summed E-state index contributed by atoms with van der Waals surface area (Å²) in [6.45, 7) is 7.78. The molecule has 0 aliphatic carbocycles. The lowest BCUT2D eigenvalue weighted by atomic mass is 10.3. The van der Waals surface area contributed by atoms with Gasteiger partial charge in [0, 0.05) is 25.0 Å². The highest BCUT2D eigenvalue weighted by Gasteiger charge is 2.11. The van der Waals surface area contributed by atoms with E-state index in [0.717, 1.165) is 36.8 Å². The molecule has 6 heteroatoms. The Morgan fingerprint density at radius 1 is 1.62 bits per heavy atom. The van der Waals surface area contributed by atoms with Crippen molar-refractivity contribution in [2.75, 3.05) is 26.7 Å². The van der Waals surface area contributed by atoms with Crippen LogP contribution in [0.3, 0.4) is 0 Å². The number of hydrogen-bond donors (Lipinski definition) is 2. The van der Waals surface area contributed by atoms with Gasteiger partial charge < -0.3 is 15.3 Å². The Morgan fingerprint density at radius 2 is 2.38 bits per heavy atom. The summed E-state index contributed by atoms with van der Waals surface area (Å²) in [4.78, 5) is 7.41. The normalized spacial score (nSPS) is 13.0. The maximum Gasteiger partial charge on any atom is 0.193 e. The lowest BCUT2D eigenvalue weighted by Crippen LogP contribution is -2.39. The van der Waals surface area contributed by atoms with Gasteiger partial charge in [0.2, 0.25) is 0 Å². The van der Waals surface area contributed by atoms with Crippen molar-refractivity contribution in [3.63, 3.8) is 0 Å². The molecular weight excluding hydrogens is 306 g/mol. The number of guanidine groups is 1. The fourth-order valence-electron chi connectivity index (χ4n) is 1.82. The van der Waals surface area contributed by atoms with Gasteiger partial charge in [0.25, 0.3) is 0 Å². The molecule has 1 unspecified atom stereocenters. The monoisotopic (exact) mass is 329 g/mol. The molecule has 0 saturated heterocycles. The van der Waals surface area contributed by atoms with Crippen LogP contribution in [0.4, 0.5) is 0 Å². The molecular formula is C15H24ClN3OS. The third-order valence-electron chi connectivity index (χ3n) is 2.93. The van der Waals surface area contributed by atoms with Crippen LogP contribution in [0.15, 0.2) is 29.8 Å². The number of halogens is 1. The fourth-order valence-corrected chi connectivity index (χ4v) is 2.86. The standard InChI is InChI=1S/C15H24ClN3OS/c1-4-6-7-10-19(3)15(17-5-2)18-11-12(20)13-8-9-14(16)21-13/h4,8-9,12,20H,1,5-7,10-11H2,2-3H3,(H,17,18). The lowest BCUT2D eigenvalue weighted by molar-refractivity contribution is 0.190. The predicted octanol–water partition coefficient (Wildman–Crippen LogP) is 3.30. The largest absolute Gasteiger partial charge is 0.386 e. The molecule has 2 N–H and O–H groups in total. The van der Waals surface area contributed by atoms with E-state index in [-0.39, 0.29) is 0 Å². The van der Waals surface area contributed by atoms with E-state index in [1.54, 1.807) is 6.07 Å². The smallest absolute Gasteiger partial charge is 0.193 e. The van der Waals surface area contributed by atoms with Crippen LogP contribution in [0, 0.1) is 0 Å². The van der Waals surface area contributed by atoms with E-state index in [4.69, 9.17) is 11.6 Å². The van der Waals surface area contributed by atoms with E-state index < -0.39 is 6.10 Å². The van der Waals surface area contributed by atoms with Gasteiger partial charge in [-0.05, 0) is 31.9 Å². The third-order valence-corrected chi connectivity index (χ3v) is 4.27. The molecule has 0 aromatic carbocycles. The van der Waals surface area contributed by atoms with Crippen LogP contribution in [0.1, 0.15) is 30.7 Å². The van der Waals surface area contributed by atoms with Gasteiger partial charge in [-0.25, -0.2) is 0 Å². The van der Waals surface area contributed by atoms with E-state index in [1.165, 1.54) is 11.3 Å². The Hall–Kier alpha value is -1.04. The predicted molar refractivity (Wildman–Crippen MR) is 92.3 cm³/mol. The summed E-state index contributed by atoms with van der Waals surface area (Å²) in [5.74, 6) is 0.809. The first-order chi connectivity index (χ1) is 10.1. The zero-order valence-electron chi connectivity index (χ0n) is 12.7. The molecule has 0 amide bonds. The highest BCUT2D eigenvalue weighted by molar-refractivity contribution is 7.16. The summed E-state index contributed by atoms with van der Waals surface area (Å²) in [5, 5.41) is 13.4. The Morgan fingerprint density at radius 3 is 2.95 bits per heavy atom. The van der Waals surface area contributed by atoms with Gasteiger partial charge in [-0.3, -0.25) is 4.99 Å². The minimum atomic E-state index is -0.613. The molecule has 0 aliphatic rings. The summed E-state index contributed by atoms with van der Waals surface area (Å²) in [5.41, 5.74) is 0. The van der Waals surface area contributed by atoms with E-state index in [0.29, 0.717) is 10.9 Å². The second-order valence-electron chi connectivity index (χ2n) is 4.70. The van der Waals surface area contributed by atoms with E-state index >= 15 is 0 Å². The van der Waals surface area contributed by atoms with Crippen LogP contribution in [-0.4, -0.2) is 42.6 Å². The fraction of sp³-hybridized carbons (Fsp3) is 0.533. The number of nitrogens with zero attached hydrogens (tertiary/aromatic N) is 2. The average Bonchev–Trinajstić information content (AvgIpc) is 2.90. The van der Waals surface area contributed by atoms with Gasteiger partial charge >= 0.3 is 0 Å². The number of nitrogens with one attached hydrogen (secondary N) is 1. The molecule has 21 heavy (non-hydrogen) atoms. The first kappa shape index (κ1) is 18.0. The maximum atomic E-state index is 10.1. The number of rotatable bonds is 8. The van der Waals surface area contributed by atoms with Crippen molar-refractivity contribution in [2.24, 2.45) is 4.99 Å². The minimum absolute atomic E-state index is 0.324. The molecule has 0 bridgehead atoms. The van der Waals surface area contributed by atoms with Crippen LogP contribution in [-0.2, 0) is 0 Å². The highest BCUT2D eigenvalue weighted by Crippen LogP contribution is 2.26. The summed E-state index contributed by atoms with van der Waals surface area (Å²) in [6.07, 6.45) is 3.33. The van der Waals surface area contributed by atoms with Crippen LogP contribution < -0.4 is 5.32 Å². The van der Waals surface area contributed by atoms with Gasteiger partial charge in [-0.2, -0.15) is 0 Å². The zero-order chi connectivity index (χ0) is 15.7. The molecule has 0 spiro atoms. The third kappa shape index (κ3) is 6.50. The van der Waals surface area contributed by atoms with Crippen LogP contribution in [0.25, 0.3) is 0 Å². The molecule has 0 saturated carbocycles. The first-order valence-corrected chi connectivity index (χ1v) is 8.31. The topological polar surface area (TPSA) is 47.9 Å². The van der Waals surface area contributed by atoms with Gasteiger partial charge in [-0.15, -0.1) is 17.9 Å². The first-order valence-electron chi connectivity index (χ1n) is 7.12. The second-order valence-corrected chi connectivity index (χ2v) is 6.45. The molecule has 1 aromatic rings. The van der Waals surface area contributed by atoms with Crippen molar-refractivity contribution in [3.8, 4) is 0 Å². The van der Waals surface area contributed by atoms with Crippen molar-refractivity contribution in [3.05, 3.63) is 34.0 Å². The molecule has 4 nitrogen and oxygen atoms in total. The van der Waals surface area contributed by atoms with Gasteiger partial charge in [0.15, 0.2) is 5.96 Å². The SMILES string of the molecule is C=CCCCN(C)C(=NCC(O)c1ccc(Cl)s1)NCC. The Bertz CT molecular complexity index is 462. The Labute approximate surface area is 136 Å². The molecule has 1 heterocycles. The summed E-state index contributed by atoms with van der Waals surface area (Å²) in [7, 11) is 2.00. The second kappa shape index (κ2) is 9.82. The molecule has 0 radical (unpaired) electrons. The van der Waals surface area contributed by atoms with Crippen LogP contribution in [0.5, 0.6) is 0 Å². The van der Waals surface area contributed by atoms with E-state index in [2.05, 4.69) is 21.8 Å². The summed E-state index contributed by atoms with van der Waals surface area (Å²) < 4.78 is 0.682. The van der Waals surface area contributed by atoms with E-state index in [9.17, 15) is 5.11 Å². The number of allylic oxidation sites excluding steroid dienone is 1. The van der Waals surface area contributed by atoms with Gasteiger partial charge in [0.05, 0.1) is 10.9 Å². The Kier molecular flexibility index (Phi) is 8.42. The van der Waals surface area contributed by atoms with Crippen molar-refractivity contribution in [2.45, 2.75) is 25.9 Å². The number of thiophene rings is 1. The maximum absolute atomic E-state index is 10.1. The van der Waals surface area contributed by atoms with Gasteiger partial charge in [-0.1, -0.05) is 17.7 Å². The molecule has 1 rings (SSSR count). The van der Waals surface area contributed by atoms with Crippen molar-refractivity contribution >= 4 is 28.9 Å². The number of aliphatic hydroxyl groups is 1. The molecule has 0 fully saturated rings. The van der Waals surface area contributed by atoms with Gasteiger partial charge in [0.1, 0.15) is 6.10 Å². The van der Waals surface area contributed by atoms with Crippen molar-refractivity contribution < 1.29 is 5.11 Å². The Balaban J connectivity index is 2.59. The van der Waals surface area contributed by atoms with Crippen LogP contribution in [0.2, 0.25) is 4.34 Å². The minimum Gasteiger partial charge on any atom is -0.386 e. The number of aliphatic imine (C=N–C) groups is 1. The number of aliphatic hydroxyl groups excluding tert-OH is 1. The molecule has 118 valence electrons. The number of unbranched alkanes of at least 4 members (excludes halogenated alkanes) is 1. The molecule has 0 aliphatic heterocycles. The average molecular weight is 330 g/mol. The molecule has 1 aromatic heterocycles. The highest BCUT2D eigenvalue weighted by atomic mass is 35.5. The quantitative estimate of drug-likeness (QED) is 0.333. The van der Waals surface area contributed by atoms with Crippen molar-refractivity contribution in [1.29, 1.82) is 0 Å². The van der Waals surface area contributed by atoms with Crippen LogP contribution >= 0.6 is 22.9 Å².